The molecular formula is C13H25NO. The first-order valence-electron chi connectivity index (χ1n) is 6.15. The quantitative estimate of drug-likeness (QED) is 0.685. The monoisotopic (exact) mass is 211 g/mol. The molecule has 2 heteroatoms. The van der Waals surface area contributed by atoms with E-state index in [4.69, 9.17) is 0 Å². The molecule has 0 aromatic carbocycles. The molecule has 1 unspecified atom stereocenters. The zero-order chi connectivity index (χ0) is 11.3. The van der Waals surface area contributed by atoms with E-state index in [1.807, 2.05) is 6.92 Å². The lowest BCUT2D eigenvalue weighted by Gasteiger charge is -2.29. The van der Waals surface area contributed by atoms with Gasteiger partial charge in [0.15, 0.2) is 0 Å². The fraction of sp³-hybridized carbons (Fsp3) is 0.846. The maximum Gasteiger partial charge on any atom is 0.0952 e. The second-order valence-corrected chi connectivity index (χ2v) is 5.27. The van der Waals surface area contributed by atoms with E-state index in [-0.39, 0.29) is 0 Å². The van der Waals surface area contributed by atoms with Gasteiger partial charge in [-0.25, -0.2) is 0 Å². The zero-order valence-corrected chi connectivity index (χ0v) is 10.3. The lowest BCUT2D eigenvalue weighted by atomic mass is 9.87. The Morgan fingerprint density at radius 3 is 2.73 bits per heavy atom. The van der Waals surface area contributed by atoms with Gasteiger partial charge in [0.05, 0.1) is 5.60 Å². The highest BCUT2D eigenvalue weighted by Gasteiger charge is 2.25. The van der Waals surface area contributed by atoms with Gasteiger partial charge in [-0.05, 0) is 50.6 Å². The van der Waals surface area contributed by atoms with Crippen molar-refractivity contribution < 1.29 is 5.11 Å². The molecule has 0 radical (unpaired) electrons. The Balaban J connectivity index is 2.39. The van der Waals surface area contributed by atoms with Gasteiger partial charge in [-0.1, -0.05) is 19.9 Å². The SMILES string of the molecule is CC(C)CNCC(C)(O)C1=CCCCC1. The molecule has 0 fully saturated rings. The number of allylic oxidation sites excluding steroid dienone is 1. The Kier molecular flexibility index (Phi) is 4.81. The van der Waals surface area contributed by atoms with E-state index in [2.05, 4.69) is 25.2 Å². The summed E-state index contributed by atoms with van der Waals surface area (Å²) < 4.78 is 0. The molecule has 1 atom stereocenters. The van der Waals surface area contributed by atoms with Crippen molar-refractivity contribution in [1.29, 1.82) is 0 Å². The van der Waals surface area contributed by atoms with Crippen molar-refractivity contribution in [3.63, 3.8) is 0 Å². The summed E-state index contributed by atoms with van der Waals surface area (Å²) in [5, 5.41) is 13.7. The predicted octanol–water partition coefficient (Wildman–Crippen LogP) is 2.48. The van der Waals surface area contributed by atoms with Crippen molar-refractivity contribution in [1.82, 2.24) is 5.32 Å². The maximum atomic E-state index is 10.3. The van der Waals surface area contributed by atoms with Crippen LogP contribution in [0.2, 0.25) is 0 Å². The van der Waals surface area contributed by atoms with Crippen molar-refractivity contribution in [2.24, 2.45) is 5.92 Å². The fourth-order valence-electron chi connectivity index (χ4n) is 2.05. The molecule has 0 saturated carbocycles. The molecular weight excluding hydrogens is 186 g/mol. The van der Waals surface area contributed by atoms with Crippen molar-refractivity contribution in [3.05, 3.63) is 11.6 Å². The average molecular weight is 211 g/mol. The van der Waals surface area contributed by atoms with E-state index in [1.165, 1.54) is 18.4 Å². The molecule has 0 spiro atoms. The third-order valence-electron chi connectivity index (χ3n) is 3.00. The van der Waals surface area contributed by atoms with Crippen LogP contribution in [0.3, 0.4) is 0 Å². The Morgan fingerprint density at radius 1 is 1.47 bits per heavy atom. The molecule has 0 aromatic heterocycles. The van der Waals surface area contributed by atoms with Crippen LogP contribution in [0.1, 0.15) is 46.5 Å². The molecule has 2 nitrogen and oxygen atoms in total. The largest absolute Gasteiger partial charge is 0.384 e. The van der Waals surface area contributed by atoms with Crippen molar-refractivity contribution in [2.75, 3.05) is 13.1 Å². The van der Waals surface area contributed by atoms with Gasteiger partial charge in [-0.2, -0.15) is 0 Å². The summed E-state index contributed by atoms with van der Waals surface area (Å²) in [6, 6.07) is 0. The minimum atomic E-state index is -0.644. The number of nitrogens with one attached hydrogen (secondary N) is 1. The van der Waals surface area contributed by atoms with E-state index in [0.29, 0.717) is 12.5 Å². The molecule has 0 amide bonds. The smallest absolute Gasteiger partial charge is 0.0952 e. The van der Waals surface area contributed by atoms with E-state index < -0.39 is 5.60 Å². The van der Waals surface area contributed by atoms with Crippen LogP contribution < -0.4 is 5.32 Å². The van der Waals surface area contributed by atoms with Crippen molar-refractivity contribution in [2.45, 2.75) is 52.1 Å². The highest BCUT2D eigenvalue weighted by atomic mass is 16.3. The van der Waals surface area contributed by atoms with Crippen LogP contribution in [0.4, 0.5) is 0 Å². The molecule has 15 heavy (non-hydrogen) atoms. The van der Waals surface area contributed by atoms with Crippen LogP contribution >= 0.6 is 0 Å². The van der Waals surface area contributed by atoms with Crippen LogP contribution in [0.15, 0.2) is 11.6 Å². The molecule has 0 aromatic rings. The van der Waals surface area contributed by atoms with Crippen LogP contribution in [0.25, 0.3) is 0 Å². The fourth-order valence-corrected chi connectivity index (χ4v) is 2.05. The Hall–Kier alpha value is -0.340. The third-order valence-corrected chi connectivity index (χ3v) is 3.00. The average Bonchev–Trinajstić information content (AvgIpc) is 2.18. The van der Waals surface area contributed by atoms with Gasteiger partial charge < -0.3 is 10.4 Å². The van der Waals surface area contributed by atoms with Gasteiger partial charge in [0.2, 0.25) is 0 Å². The van der Waals surface area contributed by atoms with E-state index in [9.17, 15) is 5.11 Å². The molecule has 1 aliphatic carbocycles. The molecule has 0 aliphatic heterocycles. The van der Waals surface area contributed by atoms with Gasteiger partial charge in [0, 0.05) is 6.54 Å². The molecule has 0 saturated heterocycles. The Morgan fingerprint density at radius 2 is 2.20 bits per heavy atom. The molecule has 0 heterocycles. The van der Waals surface area contributed by atoms with Gasteiger partial charge in [0.25, 0.3) is 0 Å². The summed E-state index contributed by atoms with van der Waals surface area (Å²) in [6.45, 7) is 7.95. The Labute approximate surface area is 93.8 Å². The maximum absolute atomic E-state index is 10.3. The summed E-state index contributed by atoms with van der Waals surface area (Å²) in [5.74, 6) is 0.640. The zero-order valence-electron chi connectivity index (χ0n) is 10.3. The van der Waals surface area contributed by atoms with Crippen molar-refractivity contribution >= 4 is 0 Å². The minimum Gasteiger partial charge on any atom is -0.384 e. The first-order chi connectivity index (χ1) is 7.02. The van der Waals surface area contributed by atoms with Gasteiger partial charge >= 0.3 is 0 Å². The summed E-state index contributed by atoms with van der Waals surface area (Å²) >= 11 is 0. The highest BCUT2D eigenvalue weighted by Crippen LogP contribution is 2.26. The van der Waals surface area contributed by atoms with Crippen LogP contribution in [0, 0.1) is 5.92 Å². The van der Waals surface area contributed by atoms with Crippen LogP contribution in [0.5, 0.6) is 0 Å². The normalized spacial score (nSPS) is 21.3. The van der Waals surface area contributed by atoms with Crippen LogP contribution in [-0.2, 0) is 0 Å². The van der Waals surface area contributed by atoms with E-state index >= 15 is 0 Å². The lowest BCUT2D eigenvalue weighted by molar-refractivity contribution is 0.0911. The van der Waals surface area contributed by atoms with Gasteiger partial charge in [-0.3, -0.25) is 0 Å². The van der Waals surface area contributed by atoms with Gasteiger partial charge in [-0.15, -0.1) is 0 Å². The number of hydrogen-bond acceptors (Lipinski definition) is 2. The van der Waals surface area contributed by atoms with E-state index in [0.717, 1.165) is 19.4 Å². The second kappa shape index (κ2) is 5.66. The molecule has 0 bridgehead atoms. The van der Waals surface area contributed by atoms with Gasteiger partial charge in [0.1, 0.15) is 0 Å². The number of hydrogen-bond donors (Lipinski definition) is 2. The minimum absolute atomic E-state index is 0.640. The molecule has 1 aliphatic rings. The molecule has 88 valence electrons. The topological polar surface area (TPSA) is 32.3 Å². The summed E-state index contributed by atoms with van der Waals surface area (Å²) in [4.78, 5) is 0. The number of rotatable bonds is 5. The molecule has 1 rings (SSSR count). The van der Waals surface area contributed by atoms with Crippen molar-refractivity contribution in [3.8, 4) is 0 Å². The lowest BCUT2D eigenvalue weighted by Crippen LogP contribution is -2.41. The van der Waals surface area contributed by atoms with Crippen LogP contribution in [-0.4, -0.2) is 23.8 Å². The highest BCUT2D eigenvalue weighted by molar-refractivity contribution is 5.17. The third kappa shape index (κ3) is 4.35. The predicted molar refractivity (Wildman–Crippen MR) is 64.9 cm³/mol. The first-order valence-corrected chi connectivity index (χ1v) is 6.15. The molecule has 2 N–H and O–H groups in total. The summed E-state index contributed by atoms with van der Waals surface area (Å²) in [7, 11) is 0. The second-order valence-electron chi connectivity index (χ2n) is 5.27. The van der Waals surface area contributed by atoms with E-state index in [1.54, 1.807) is 0 Å². The summed E-state index contributed by atoms with van der Waals surface area (Å²) in [5.41, 5.74) is 0.583. The standard InChI is InChI=1S/C13H25NO/c1-11(2)9-14-10-13(3,15)12-7-5-4-6-8-12/h7,11,14-15H,4-6,8-10H2,1-3H3. The summed E-state index contributed by atoms with van der Waals surface area (Å²) in [6.07, 6.45) is 6.93. The number of aliphatic hydroxyl groups is 1. The Bertz CT molecular complexity index is 219. The first kappa shape index (κ1) is 12.7.